The van der Waals surface area contributed by atoms with Crippen molar-refractivity contribution in [3.63, 3.8) is 0 Å². The van der Waals surface area contributed by atoms with Gasteiger partial charge >= 0.3 is 0 Å². The lowest BCUT2D eigenvalue weighted by Gasteiger charge is -2.41. The maximum atomic E-state index is 6.43. The van der Waals surface area contributed by atoms with Crippen molar-refractivity contribution in [2.24, 2.45) is 0 Å². The fourth-order valence-electron chi connectivity index (χ4n) is 2.72. The van der Waals surface area contributed by atoms with Gasteiger partial charge in [-0.25, -0.2) is 0 Å². The third-order valence-electron chi connectivity index (χ3n) is 4.00. The van der Waals surface area contributed by atoms with Crippen molar-refractivity contribution < 1.29 is 13.6 Å². The summed E-state index contributed by atoms with van der Waals surface area (Å²) >= 11 is 0. The van der Waals surface area contributed by atoms with Crippen LogP contribution in [0.25, 0.3) is 0 Å². The molecule has 0 aromatic carbocycles. The van der Waals surface area contributed by atoms with Gasteiger partial charge in [-0.3, -0.25) is 0 Å². The highest BCUT2D eigenvalue weighted by Gasteiger charge is 2.40. The van der Waals surface area contributed by atoms with E-state index in [2.05, 4.69) is 53.9 Å². The number of unbranched alkanes of at least 4 members (excludes halogenated alkanes) is 3. The summed E-state index contributed by atoms with van der Waals surface area (Å²) in [7, 11) is -1.83. The lowest BCUT2D eigenvalue weighted by molar-refractivity contribution is -0.102. The van der Waals surface area contributed by atoms with Gasteiger partial charge < -0.3 is 13.6 Å². The Labute approximate surface area is 135 Å². The molecule has 0 saturated carbocycles. The normalized spacial score (nSPS) is 15.3. The van der Waals surface area contributed by atoms with Gasteiger partial charge in [0.05, 0.1) is 5.73 Å². The van der Waals surface area contributed by atoms with Gasteiger partial charge in [-0.05, 0) is 53.0 Å². The Hall–Kier alpha value is 0.314. The van der Waals surface area contributed by atoms with Crippen LogP contribution < -0.4 is 0 Å². The second-order valence-corrected chi connectivity index (χ2v) is 16.1. The molecule has 0 saturated heterocycles. The third kappa shape index (κ3) is 9.13. The molecule has 0 rings (SSSR count). The van der Waals surface area contributed by atoms with E-state index in [-0.39, 0.29) is 5.73 Å². The zero-order valence-electron chi connectivity index (χ0n) is 15.8. The van der Waals surface area contributed by atoms with Crippen molar-refractivity contribution in [2.45, 2.75) is 97.1 Å². The average molecular weight is 335 g/mol. The topological polar surface area (TPSA) is 27.7 Å². The van der Waals surface area contributed by atoms with Gasteiger partial charge in [-0.15, -0.1) is 0 Å². The summed E-state index contributed by atoms with van der Waals surface area (Å²) in [5, 5.41) is 0. The highest BCUT2D eigenvalue weighted by Crippen LogP contribution is 2.28. The molecule has 21 heavy (non-hydrogen) atoms. The van der Waals surface area contributed by atoms with E-state index >= 15 is 0 Å². The largest absolute Gasteiger partial charge is 0.392 e. The Morgan fingerprint density at radius 2 is 1.52 bits per heavy atom. The summed E-state index contributed by atoms with van der Waals surface area (Å²) in [6, 6.07) is 1.21. The molecule has 0 spiro atoms. The quantitative estimate of drug-likeness (QED) is 0.291. The zero-order valence-corrected chi connectivity index (χ0v) is 17.8. The first kappa shape index (κ1) is 21.3. The van der Waals surface area contributed by atoms with E-state index < -0.39 is 22.4 Å². The number of methoxy groups -OCH3 is 1. The molecule has 1 atom stereocenters. The van der Waals surface area contributed by atoms with Crippen molar-refractivity contribution in [3.8, 4) is 0 Å². The molecule has 3 nitrogen and oxygen atoms in total. The first-order valence-electron chi connectivity index (χ1n) is 8.39. The van der Waals surface area contributed by atoms with E-state index in [4.69, 9.17) is 13.6 Å². The van der Waals surface area contributed by atoms with Gasteiger partial charge in [0, 0.05) is 7.11 Å². The minimum atomic E-state index is -1.91. The van der Waals surface area contributed by atoms with Gasteiger partial charge in [-0.2, -0.15) is 0 Å². The molecule has 5 heteroatoms. The Morgan fingerprint density at radius 3 is 2.00 bits per heavy atom. The van der Waals surface area contributed by atoms with Gasteiger partial charge in [-0.1, -0.05) is 32.6 Å². The molecule has 0 radical (unpaired) electrons. The molecular weight excluding hydrogens is 296 g/mol. The summed E-state index contributed by atoms with van der Waals surface area (Å²) in [5.41, 5.74) is 0.162. The smallest absolute Gasteiger partial charge is 0.218 e. The van der Waals surface area contributed by atoms with Gasteiger partial charge in [0.1, 0.15) is 5.79 Å². The van der Waals surface area contributed by atoms with Crippen LogP contribution >= 0.6 is 0 Å². The molecule has 0 bridgehead atoms. The van der Waals surface area contributed by atoms with E-state index in [1.165, 1.54) is 31.7 Å². The number of hydrogen-bond acceptors (Lipinski definition) is 3. The second kappa shape index (κ2) is 8.82. The standard InChI is InChI=1S/C16H38O3Si2/c1-10-11-12-13-14-20(6,7)18-16(3,4)19-21(8,9)15(2)17-5/h15H,10-14H2,1-9H3. The van der Waals surface area contributed by atoms with Crippen LogP contribution in [0.15, 0.2) is 0 Å². The summed E-state index contributed by atoms with van der Waals surface area (Å²) in [6.45, 7) is 17.5. The number of hydrogen-bond donors (Lipinski definition) is 0. The second-order valence-electron chi connectivity index (χ2n) is 7.66. The molecule has 0 aromatic rings. The van der Waals surface area contributed by atoms with Crippen molar-refractivity contribution >= 4 is 16.6 Å². The molecule has 0 heterocycles. The minimum absolute atomic E-state index is 0.162. The minimum Gasteiger partial charge on any atom is -0.392 e. The maximum absolute atomic E-state index is 6.43. The van der Waals surface area contributed by atoms with Crippen LogP contribution in [0.2, 0.25) is 32.2 Å². The van der Waals surface area contributed by atoms with Crippen LogP contribution in [-0.4, -0.2) is 35.3 Å². The first-order valence-corrected chi connectivity index (χ1v) is 14.5. The Balaban J connectivity index is 4.49. The molecule has 0 aromatic heterocycles. The summed E-state index contributed by atoms with van der Waals surface area (Å²) in [6.07, 6.45) is 5.21. The lowest BCUT2D eigenvalue weighted by atomic mass is 10.2. The van der Waals surface area contributed by atoms with Crippen LogP contribution in [0.3, 0.4) is 0 Å². The Morgan fingerprint density at radius 1 is 0.952 bits per heavy atom. The Bertz CT molecular complexity index is 291. The maximum Gasteiger partial charge on any atom is 0.218 e. The average Bonchev–Trinajstić information content (AvgIpc) is 2.30. The predicted octanol–water partition coefficient (Wildman–Crippen LogP) is 5.32. The summed E-state index contributed by atoms with van der Waals surface area (Å²) < 4.78 is 18.3. The van der Waals surface area contributed by atoms with Crippen molar-refractivity contribution in [1.29, 1.82) is 0 Å². The summed E-state index contributed by atoms with van der Waals surface area (Å²) in [4.78, 5) is 0. The van der Waals surface area contributed by atoms with E-state index in [0.29, 0.717) is 0 Å². The molecule has 0 amide bonds. The van der Waals surface area contributed by atoms with Gasteiger partial charge in [0.25, 0.3) is 0 Å². The van der Waals surface area contributed by atoms with Gasteiger partial charge in [0.2, 0.25) is 8.32 Å². The number of ether oxygens (including phenoxy) is 1. The van der Waals surface area contributed by atoms with Crippen LogP contribution in [0.5, 0.6) is 0 Å². The van der Waals surface area contributed by atoms with Gasteiger partial charge in [0.15, 0.2) is 8.32 Å². The molecule has 128 valence electrons. The van der Waals surface area contributed by atoms with Crippen LogP contribution in [0.1, 0.15) is 53.4 Å². The van der Waals surface area contributed by atoms with Crippen molar-refractivity contribution in [1.82, 2.24) is 0 Å². The van der Waals surface area contributed by atoms with Crippen molar-refractivity contribution in [3.05, 3.63) is 0 Å². The zero-order chi connectivity index (χ0) is 16.7. The summed E-state index contributed by atoms with van der Waals surface area (Å²) in [5.74, 6) is -0.511. The lowest BCUT2D eigenvalue weighted by Crippen LogP contribution is -2.53. The van der Waals surface area contributed by atoms with E-state index in [1.54, 1.807) is 7.11 Å². The number of rotatable bonds is 11. The molecular formula is C16H38O3Si2. The predicted molar refractivity (Wildman–Crippen MR) is 96.6 cm³/mol. The highest BCUT2D eigenvalue weighted by atomic mass is 28.4. The SMILES string of the molecule is CCCCCC[Si](C)(C)OC(C)(C)O[Si](C)(C)C(C)OC. The molecule has 0 aliphatic rings. The third-order valence-corrected chi connectivity index (χ3v) is 9.81. The molecule has 0 aliphatic carbocycles. The fraction of sp³-hybridized carbons (Fsp3) is 1.00. The fourth-order valence-corrected chi connectivity index (χ4v) is 7.42. The molecule has 0 fully saturated rings. The molecule has 1 unspecified atom stereocenters. The molecule has 0 N–H and O–H groups in total. The van der Waals surface area contributed by atoms with Crippen LogP contribution in [-0.2, 0) is 13.6 Å². The van der Waals surface area contributed by atoms with E-state index in [9.17, 15) is 0 Å². The first-order chi connectivity index (χ1) is 9.46. The highest BCUT2D eigenvalue weighted by molar-refractivity contribution is 6.73. The Kier molecular flexibility index (Phi) is 8.95. The van der Waals surface area contributed by atoms with Crippen molar-refractivity contribution in [2.75, 3.05) is 7.11 Å². The van der Waals surface area contributed by atoms with Crippen LogP contribution in [0, 0.1) is 0 Å². The van der Waals surface area contributed by atoms with E-state index in [1.807, 2.05) is 0 Å². The van der Waals surface area contributed by atoms with Crippen LogP contribution in [0.4, 0.5) is 0 Å². The van der Waals surface area contributed by atoms with E-state index in [0.717, 1.165) is 0 Å². The monoisotopic (exact) mass is 334 g/mol. The molecule has 0 aliphatic heterocycles.